The predicted molar refractivity (Wildman–Crippen MR) is 77.9 cm³/mol. The van der Waals surface area contributed by atoms with E-state index in [4.69, 9.17) is 5.73 Å². The molecule has 0 aliphatic heterocycles. The Hall–Kier alpha value is -2.69. The molecule has 0 aliphatic rings. The van der Waals surface area contributed by atoms with Gasteiger partial charge in [0, 0.05) is 24.2 Å². The molecule has 0 radical (unpaired) electrons. The van der Waals surface area contributed by atoms with Gasteiger partial charge in [0.05, 0.1) is 24.8 Å². The lowest BCUT2D eigenvalue weighted by molar-refractivity contribution is 0.794. The lowest BCUT2D eigenvalue weighted by atomic mass is 10.1. The molecule has 0 amide bonds. The van der Waals surface area contributed by atoms with Gasteiger partial charge in [0.25, 0.3) is 0 Å². The Morgan fingerprint density at radius 2 is 2.00 bits per heavy atom. The van der Waals surface area contributed by atoms with E-state index in [2.05, 4.69) is 26.4 Å². The Morgan fingerprint density at radius 3 is 2.75 bits per heavy atom. The first-order valence-electron chi connectivity index (χ1n) is 6.35. The van der Waals surface area contributed by atoms with Crippen molar-refractivity contribution in [3.63, 3.8) is 0 Å². The second kappa shape index (κ2) is 5.13. The molecule has 0 aromatic carbocycles. The molecule has 0 atom stereocenters. The summed E-state index contributed by atoms with van der Waals surface area (Å²) in [7, 11) is 0. The van der Waals surface area contributed by atoms with E-state index in [1.807, 2.05) is 30.9 Å². The zero-order valence-corrected chi connectivity index (χ0v) is 11.2. The van der Waals surface area contributed by atoms with Crippen LogP contribution in [0, 0.1) is 6.92 Å². The number of aryl methyl sites for hydroxylation is 1. The van der Waals surface area contributed by atoms with E-state index >= 15 is 0 Å². The van der Waals surface area contributed by atoms with Crippen LogP contribution in [-0.4, -0.2) is 19.5 Å². The number of pyridine rings is 2. The van der Waals surface area contributed by atoms with Crippen LogP contribution in [0.2, 0.25) is 0 Å². The number of nitrogen functional groups attached to an aromatic ring is 1. The molecule has 100 valence electrons. The zero-order valence-electron chi connectivity index (χ0n) is 11.2. The van der Waals surface area contributed by atoms with Gasteiger partial charge < -0.3 is 10.3 Å². The zero-order chi connectivity index (χ0) is 13.9. The molecule has 3 heterocycles. The second-order valence-electron chi connectivity index (χ2n) is 4.68. The van der Waals surface area contributed by atoms with E-state index in [1.54, 1.807) is 18.5 Å². The van der Waals surface area contributed by atoms with Crippen molar-refractivity contribution in [2.45, 2.75) is 13.5 Å². The van der Waals surface area contributed by atoms with E-state index in [-0.39, 0.29) is 0 Å². The summed E-state index contributed by atoms with van der Waals surface area (Å²) in [5, 5.41) is 0. The van der Waals surface area contributed by atoms with Crippen molar-refractivity contribution in [3.05, 3.63) is 60.4 Å². The molecule has 0 saturated heterocycles. The average molecular weight is 265 g/mol. The van der Waals surface area contributed by atoms with Gasteiger partial charge in [-0.2, -0.15) is 0 Å². The molecule has 3 rings (SSSR count). The Labute approximate surface area is 117 Å². The maximum atomic E-state index is 5.62. The van der Waals surface area contributed by atoms with Gasteiger partial charge in [0.2, 0.25) is 0 Å². The van der Waals surface area contributed by atoms with Crippen LogP contribution in [0.25, 0.3) is 11.3 Å². The maximum Gasteiger partial charge on any atom is 0.123 e. The largest absolute Gasteiger partial charge is 0.384 e. The van der Waals surface area contributed by atoms with Crippen LogP contribution in [0.3, 0.4) is 0 Å². The van der Waals surface area contributed by atoms with Gasteiger partial charge >= 0.3 is 0 Å². The van der Waals surface area contributed by atoms with Crippen molar-refractivity contribution < 1.29 is 0 Å². The fourth-order valence-electron chi connectivity index (χ4n) is 2.09. The smallest absolute Gasteiger partial charge is 0.123 e. The van der Waals surface area contributed by atoms with Gasteiger partial charge in [-0.1, -0.05) is 0 Å². The van der Waals surface area contributed by atoms with E-state index < -0.39 is 0 Å². The number of hydrogen-bond donors (Lipinski definition) is 1. The van der Waals surface area contributed by atoms with Crippen LogP contribution >= 0.6 is 0 Å². The number of anilines is 1. The van der Waals surface area contributed by atoms with Gasteiger partial charge in [0.15, 0.2) is 0 Å². The number of nitrogens with zero attached hydrogens (tertiary/aromatic N) is 4. The summed E-state index contributed by atoms with van der Waals surface area (Å²) in [5.74, 6) is 0.517. The summed E-state index contributed by atoms with van der Waals surface area (Å²) in [6.07, 6.45) is 9.11. The summed E-state index contributed by atoms with van der Waals surface area (Å²) in [4.78, 5) is 12.5. The molecule has 0 bridgehead atoms. The highest BCUT2D eigenvalue weighted by Crippen LogP contribution is 2.20. The van der Waals surface area contributed by atoms with Crippen molar-refractivity contribution in [3.8, 4) is 11.3 Å². The fourth-order valence-corrected chi connectivity index (χ4v) is 2.09. The molecule has 0 spiro atoms. The van der Waals surface area contributed by atoms with Crippen molar-refractivity contribution in [2.24, 2.45) is 0 Å². The van der Waals surface area contributed by atoms with Crippen molar-refractivity contribution in [1.29, 1.82) is 0 Å². The minimum atomic E-state index is 0.517. The van der Waals surface area contributed by atoms with Crippen LogP contribution in [0.15, 0.2) is 49.3 Å². The van der Waals surface area contributed by atoms with Crippen LogP contribution in [0.5, 0.6) is 0 Å². The van der Waals surface area contributed by atoms with E-state index in [9.17, 15) is 0 Å². The summed E-state index contributed by atoms with van der Waals surface area (Å²) < 4.78 is 2.08. The van der Waals surface area contributed by atoms with Gasteiger partial charge in [-0.15, -0.1) is 0 Å². The minimum absolute atomic E-state index is 0.517. The Bertz CT molecular complexity index is 715. The van der Waals surface area contributed by atoms with Crippen LogP contribution < -0.4 is 5.73 Å². The number of rotatable bonds is 3. The Balaban J connectivity index is 1.95. The van der Waals surface area contributed by atoms with Gasteiger partial charge in [-0.3, -0.25) is 4.98 Å². The highest BCUT2D eigenvalue weighted by molar-refractivity contribution is 5.59. The van der Waals surface area contributed by atoms with E-state index in [1.165, 1.54) is 11.1 Å². The molecule has 0 unspecified atom stereocenters. The molecular weight excluding hydrogens is 250 g/mol. The van der Waals surface area contributed by atoms with E-state index in [0.717, 1.165) is 17.8 Å². The number of imidazole rings is 1. The van der Waals surface area contributed by atoms with Crippen molar-refractivity contribution in [1.82, 2.24) is 19.5 Å². The number of nitrogens with two attached hydrogens (primary N) is 1. The highest BCUT2D eigenvalue weighted by atomic mass is 15.0. The third-order valence-corrected chi connectivity index (χ3v) is 3.28. The molecule has 5 nitrogen and oxygen atoms in total. The van der Waals surface area contributed by atoms with Gasteiger partial charge in [-0.25, -0.2) is 9.97 Å². The predicted octanol–water partition coefficient (Wildman–Crippen LogP) is 2.28. The van der Waals surface area contributed by atoms with Crippen LogP contribution in [-0.2, 0) is 6.54 Å². The summed E-state index contributed by atoms with van der Waals surface area (Å²) in [6.45, 7) is 2.82. The molecule has 2 N–H and O–H groups in total. The van der Waals surface area contributed by atoms with Gasteiger partial charge in [-0.05, 0) is 36.2 Å². The standard InChI is InChI=1S/C15H15N5/c1-11-4-5-17-6-13(11)9-20-10-18-8-14(20)12-2-3-15(16)19-7-12/h2-8,10H,9H2,1H3,(H2,16,19). The summed E-state index contributed by atoms with van der Waals surface area (Å²) in [5.41, 5.74) is 10.0. The number of hydrogen-bond acceptors (Lipinski definition) is 4. The molecular formula is C15H15N5. The maximum absolute atomic E-state index is 5.62. The normalized spacial score (nSPS) is 10.7. The molecule has 20 heavy (non-hydrogen) atoms. The topological polar surface area (TPSA) is 69.6 Å². The van der Waals surface area contributed by atoms with Crippen LogP contribution in [0.1, 0.15) is 11.1 Å². The fraction of sp³-hybridized carbons (Fsp3) is 0.133. The number of aromatic nitrogens is 4. The molecule has 0 saturated carbocycles. The van der Waals surface area contributed by atoms with Crippen LogP contribution in [0.4, 0.5) is 5.82 Å². The summed E-state index contributed by atoms with van der Waals surface area (Å²) >= 11 is 0. The molecule has 0 aliphatic carbocycles. The third-order valence-electron chi connectivity index (χ3n) is 3.28. The molecule has 0 fully saturated rings. The summed E-state index contributed by atoms with van der Waals surface area (Å²) in [6, 6.07) is 5.75. The average Bonchev–Trinajstić information content (AvgIpc) is 2.90. The first-order valence-corrected chi connectivity index (χ1v) is 6.35. The molecule has 3 aromatic rings. The quantitative estimate of drug-likeness (QED) is 0.788. The monoisotopic (exact) mass is 265 g/mol. The third kappa shape index (κ3) is 2.38. The van der Waals surface area contributed by atoms with E-state index in [0.29, 0.717) is 5.82 Å². The second-order valence-corrected chi connectivity index (χ2v) is 4.68. The highest BCUT2D eigenvalue weighted by Gasteiger charge is 2.07. The van der Waals surface area contributed by atoms with Gasteiger partial charge in [0.1, 0.15) is 5.82 Å². The lowest BCUT2D eigenvalue weighted by Gasteiger charge is -2.10. The first-order chi connectivity index (χ1) is 9.74. The molecule has 5 heteroatoms. The Kier molecular flexibility index (Phi) is 3.16. The Morgan fingerprint density at radius 1 is 1.10 bits per heavy atom. The van der Waals surface area contributed by atoms with Crippen molar-refractivity contribution >= 4 is 5.82 Å². The molecule has 3 aromatic heterocycles. The SMILES string of the molecule is Cc1ccncc1Cn1cncc1-c1ccc(N)nc1. The first kappa shape index (κ1) is 12.3. The van der Waals surface area contributed by atoms with Crippen molar-refractivity contribution in [2.75, 3.05) is 5.73 Å². The minimum Gasteiger partial charge on any atom is -0.384 e. The lowest BCUT2D eigenvalue weighted by Crippen LogP contribution is -2.03.